The summed E-state index contributed by atoms with van der Waals surface area (Å²) in [5.41, 5.74) is 10.1. The van der Waals surface area contributed by atoms with Crippen molar-refractivity contribution in [2.45, 2.75) is 20.8 Å². The number of hydrogen-bond acceptors (Lipinski definition) is 6. The van der Waals surface area contributed by atoms with Crippen molar-refractivity contribution in [3.05, 3.63) is 47.0 Å². The van der Waals surface area contributed by atoms with Crippen molar-refractivity contribution < 1.29 is 0 Å². The van der Waals surface area contributed by atoms with E-state index in [9.17, 15) is 5.26 Å². The molecule has 0 unspecified atom stereocenters. The Labute approximate surface area is 133 Å². The molecule has 0 aliphatic carbocycles. The number of aryl methyl sites for hydroxylation is 3. The molecule has 0 amide bonds. The maximum atomic E-state index is 9.40. The summed E-state index contributed by atoms with van der Waals surface area (Å²) in [5, 5.41) is 13.8. The maximum absolute atomic E-state index is 9.40. The highest BCUT2D eigenvalue weighted by atomic mass is 15.4. The first-order valence-electron chi connectivity index (χ1n) is 7.04. The molecule has 7 nitrogen and oxygen atoms in total. The summed E-state index contributed by atoms with van der Waals surface area (Å²) in [7, 11) is 0. The quantitative estimate of drug-likeness (QED) is 0.777. The third-order valence-electron chi connectivity index (χ3n) is 3.41. The number of nitrogens with two attached hydrogens (primary N) is 1. The van der Waals surface area contributed by atoms with Gasteiger partial charge in [0, 0.05) is 23.1 Å². The van der Waals surface area contributed by atoms with Gasteiger partial charge in [-0.25, -0.2) is 9.67 Å². The van der Waals surface area contributed by atoms with Gasteiger partial charge in [-0.05, 0) is 39.0 Å². The highest BCUT2D eigenvalue weighted by Crippen LogP contribution is 2.26. The molecule has 3 aromatic heterocycles. The number of aromatic nitrogens is 5. The minimum Gasteiger partial charge on any atom is -0.382 e. The third-order valence-corrected chi connectivity index (χ3v) is 3.41. The van der Waals surface area contributed by atoms with Crippen LogP contribution in [0.25, 0.3) is 17.2 Å². The van der Waals surface area contributed by atoms with Crippen LogP contribution in [0.15, 0.2) is 24.4 Å². The van der Waals surface area contributed by atoms with Gasteiger partial charge in [0.05, 0.1) is 11.4 Å². The van der Waals surface area contributed by atoms with Gasteiger partial charge in [0.15, 0.2) is 0 Å². The Morgan fingerprint density at radius 1 is 1.13 bits per heavy atom. The lowest BCUT2D eigenvalue weighted by molar-refractivity contribution is 0.776. The molecule has 0 saturated heterocycles. The van der Waals surface area contributed by atoms with E-state index in [2.05, 4.69) is 26.1 Å². The van der Waals surface area contributed by atoms with E-state index in [0.717, 1.165) is 22.6 Å². The number of hydrogen-bond donors (Lipinski definition) is 1. The van der Waals surface area contributed by atoms with Crippen molar-refractivity contribution >= 4 is 5.82 Å². The fourth-order valence-electron chi connectivity index (χ4n) is 2.40. The molecule has 7 heteroatoms. The Bertz CT molecular complexity index is 934. The van der Waals surface area contributed by atoms with E-state index in [1.807, 2.05) is 32.9 Å². The zero-order valence-corrected chi connectivity index (χ0v) is 13.1. The van der Waals surface area contributed by atoms with Crippen LogP contribution in [-0.4, -0.2) is 24.7 Å². The normalized spacial score (nSPS) is 10.5. The monoisotopic (exact) mass is 305 g/mol. The average Bonchev–Trinajstić information content (AvgIpc) is 2.85. The first-order valence-corrected chi connectivity index (χ1v) is 7.04. The number of anilines is 1. The second-order valence-corrected chi connectivity index (χ2v) is 5.27. The van der Waals surface area contributed by atoms with E-state index >= 15 is 0 Å². The minimum absolute atomic E-state index is 0.134. The highest BCUT2D eigenvalue weighted by molar-refractivity contribution is 5.72. The van der Waals surface area contributed by atoms with Gasteiger partial charge in [-0.1, -0.05) is 0 Å². The zero-order valence-electron chi connectivity index (χ0n) is 13.1. The SMILES string of the molecule is Cc1cc(-c2nc(-n3nc(C)cc3C)nc(N)c2C#N)ccn1. The first-order chi connectivity index (χ1) is 11.0. The van der Waals surface area contributed by atoms with Crippen LogP contribution in [0, 0.1) is 32.1 Å². The van der Waals surface area contributed by atoms with Gasteiger partial charge < -0.3 is 5.73 Å². The smallest absolute Gasteiger partial charge is 0.253 e. The van der Waals surface area contributed by atoms with Gasteiger partial charge in [0.1, 0.15) is 17.5 Å². The molecule has 3 heterocycles. The molecule has 0 aliphatic heterocycles. The second-order valence-electron chi connectivity index (χ2n) is 5.27. The van der Waals surface area contributed by atoms with Gasteiger partial charge in [-0.3, -0.25) is 4.98 Å². The van der Waals surface area contributed by atoms with Crippen LogP contribution in [0.3, 0.4) is 0 Å². The van der Waals surface area contributed by atoms with E-state index in [4.69, 9.17) is 5.73 Å². The number of rotatable bonds is 2. The largest absolute Gasteiger partial charge is 0.382 e. The molecule has 0 saturated carbocycles. The summed E-state index contributed by atoms with van der Waals surface area (Å²) < 4.78 is 1.62. The van der Waals surface area contributed by atoms with E-state index in [-0.39, 0.29) is 11.4 Å². The number of nitrogen functional groups attached to an aromatic ring is 1. The van der Waals surface area contributed by atoms with Crippen LogP contribution in [0.5, 0.6) is 0 Å². The van der Waals surface area contributed by atoms with Gasteiger partial charge in [0.25, 0.3) is 5.95 Å². The van der Waals surface area contributed by atoms with Crippen LogP contribution >= 0.6 is 0 Å². The van der Waals surface area contributed by atoms with Crippen molar-refractivity contribution in [2.24, 2.45) is 0 Å². The van der Waals surface area contributed by atoms with Crippen molar-refractivity contribution in [3.63, 3.8) is 0 Å². The number of pyridine rings is 1. The van der Waals surface area contributed by atoms with Gasteiger partial charge in [-0.2, -0.15) is 15.3 Å². The molecule has 0 spiro atoms. The van der Waals surface area contributed by atoms with E-state index < -0.39 is 0 Å². The predicted molar refractivity (Wildman–Crippen MR) is 85.7 cm³/mol. The fourth-order valence-corrected chi connectivity index (χ4v) is 2.40. The molecule has 0 aliphatic rings. The Balaban J connectivity index is 2.27. The minimum atomic E-state index is 0.134. The van der Waals surface area contributed by atoms with E-state index in [1.165, 1.54) is 0 Å². The Hall–Kier alpha value is -3.27. The lowest BCUT2D eigenvalue weighted by Crippen LogP contribution is -2.10. The number of nitriles is 1. The molecule has 114 valence electrons. The van der Waals surface area contributed by atoms with Crippen LogP contribution in [0.4, 0.5) is 5.82 Å². The summed E-state index contributed by atoms with van der Waals surface area (Å²) in [5.74, 6) is 0.478. The maximum Gasteiger partial charge on any atom is 0.253 e. The molecule has 0 bridgehead atoms. The van der Waals surface area contributed by atoms with E-state index in [1.54, 1.807) is 16.9 Å². The molecular formula is C16H15N7. The molecule has 0 radical (unpaired) electrons. The van der Waals surface area contributed by atoms with Crippen LogP contribution < -0.4 is 5.73 Å². The average molecular weight is 305 g/mol. The van der Waals surface area contributed by atoms with Gasteiger partial charge in [0.2, 0.25) is 0 Å². The highest BCUT2D eigenvalue weighted by Gasteiger charge is 2.17. The molecule has 0 fully saturated rings. The van der Waals surface area contributed by atoms with Gasteiger partial charge in [-0.15, -0.1) is 0 Å². The number of nitrogens with zero attached hydrogens (tertiary/aromatic N) is 6. The molecule has 3 rings (SSSR count). The summed E-state index contributed by atoms with van der Waals surface area (Å²) >= 11 is 0. The summed E-state index contributed by atoms with van der Waals surface area (Å²) in [6.07, 6.45) is 1.67. The predicted octanol–water partition coefficient (Wildman–Crippen LogP) is 2.10. The Kier molecular flexibility index (Phi) is 3.50. The molecule has 2 N–H and O–H groups in total. The third kappa shape index (κ3) is 2.62. The standard InChI is InChI=1S/C16H15N7/c1-9-7-12(4-5-19-9)14-13(8-17)15(18)21-16(20-14)23-11(3)6-10(2)22-23/h4-7H,1-3H3,(H2,18,20,21). The van der Waals surface area contributed by atoms with Crippen LogP contribution in [0.2, 0.25) is 0 Å². The summed E-state index contributed by atoms with van der Waals surface area (Å²) in [6, 6.07) is 7.65. The van der Waals surface area contributed by atoms with Gasteiger partial charge >= 0.3 is 0 Å². The second kappa shape index (κ2) is 5.50. The van der Waals surface area contributed by atoms with E-state index in [0.29, 0.717) is 11.6 Å². The zero-order chi connectivity index (χ0) is 16.6. The lowest BCUT2D eigenvalue weighted by atomic mass is 10.1. The molecule has 23 heavy (non-hydrogen) atoms. The molecule has 3 aromatic rings. The van der Waals surface area contributed by atoms with Crippen molar-refractivity contribution in [1.82, 2.24) is 24.7 Å². The topological polar surface area (TPSA) is 106 Å². The lowest BCUT2D eigenvalue weighted by Gasteiger charge is -2.10. The molecule has 0 atom stereocenters. The Morgan fingerprint density at radius 2 is 1.91 bits per heavy atom. The van der Waals surface area contributed by atoms with Crippen molar-refractivity contribution in [1.29, 1.82) is 5.26 Å². The molecular weight excluding hydrogens is 290 g/mol. The summed E-state index contributed by atoms with van der Waals surface area (Å²) in [4.78, 5) is 12.9. The Morgan fingerprint density at radius 3 is 2.52 bits per heavy atom. The summed E-state index contributed by atoms with van der Waals surface area (Å²) in [6.45, 7) is 5.68. The van der Waals surface area contributed by atoms with Crippen molar-refractivity contribution in [3.8, 4) is 23.3 Å². The molecule has 0 aromatic carbocycles. The fraction of sp³-hybridized carbons (Fsp3) is 0.188. The first kappa shape index (κ1) is 14.7. The van der Waals surface area contributed by atoms with Crippen LogP contribution in [-0.2, 0) is 0 Å². The van der Waals surface area contributed by atoms with Crippen molar-refractivity contribution in [2.75, 3.05) is 5.73 Å². The van der Waals surface area contributed by atoms with Crippen LogP contribution in [0.1, 0.15) is 22.6 Å².